The van der Waals surface area contributed by atoms with Crippen molar-refractivity contribution in [3.63, 3.8) is 0 Å². The van der Waals surface area contributed by atoms with Gasteiger partial charge in [0, 0.05) is 41.7 Å². The van der Waals surface area contributed by atoms with Crippen molar-refractivity contribution in [2.75, 3.05) is 56.1 Å². The van der Waals surface area contributed by atoms with E-state index in [1.807, 2.05) is 25.1 Å². The van der Waals surface area contributed by atoms with Crippen LogP contribution in [-0.2, 0) is 10.9 Å². The Labute approximate surface area is 268 Å². The number of halogens is 3. The number of benzene rings is 3. The Morgan fingerprint density at radius 3 is 2.51 bits per heavy atom. The molecule has 0 bridgehead atoms. The summed E-state index contributed by atoms with van der Waals surface area (Å²) in [6, 6.07) is 17.1. The molecule has 2 N–H and O–H groups in total. The van der Waals surface area contributed by atoms with Crippen molar-refractivity contribution >= 4 is 39.8 Å². The number of nitrogens with one attached hydrogen (secondary N) is 2. The molecule has 5 aromatic rings. The van der Waals surface area contributed by atoms with Gasteiger partial charge < -0.3 is 29.7 Å². The fraction of sp³-hybridized carbons (Fsp3) is 0.235. The lowest BCUT2D eigenvalue weighted by Gasteiger charge is -2.29. The van der Waals surface area contributed by atoms with Gasteiger partial charge in [-0.1, -0.05) is 12.1 Å². The zero-order valence-electron chi connectivity index (χ0n) is 25.8. The second kappa shape index (κ2) is 13.1. The van der Waals surface area contributed by atoms with E-state index < -0.39 is 17.6 Å². The van der Waals surface area contributed by atoms with Crippen LogP contribution in [0.2, 0.25) is 0 Å². The predicted molar refractivity (Wildman–Crippen MR) is 173 cm³/mol. The maximum Gasteiger partial charge on any atom is 0.416 e. The van der Waals surface area contributed by atoms with Crippen molar-refractivity contribution in [3.8, 4) is 22.9 Å². The van der Waals surface area contributed by atoms with E-state index in [1.165, 1.54) is 19.2 Å². The molecule has 0 radical (unpaired) electrons. The van der Waals surface area contributed by atoms with Crippen LogP contribution in [-0.4, -0.2) is 61.4 Å². The zero-order valence-corrected chi connectivity index (χ0v) is 25.8. The van der Waals surface area contributed by atoms with E-state index in [2.05, 4.69) is 30.5 Å². The summed E-state index contributed by atoms with van der Waals surface area (Å²) in [7, 11) is 3.11. The summed E-state index contributed by atoms with van der Waals surface area (Å²) < 4.78 is 56.2. The molecule has 47 heavy (non-hydrogen) atoms. The number of ether oxygens (including phenoxy) is 3. The number of fused-ring (bicyclic) bond motifs is 1. The third-order valence-corrected chi connectivity index (χ3v) is 7.77. The zero-order chi connectivity index (χ0) is 33.1. The van der Waals surface area contributed by atoms with Gasteiger partial charge in [-0.25, -0.2) is 4.98 Å². The van der Waals surface area contributed by atoms with Gasteiger partial charge in [-0.05, 0) is 61.0 Å². The van der Waals surface area contributed by atoms with Gasteiger partial charge in [-0.15, -0.1) is 0 Å². The SMILES string of the molecule is COc1cc(N2CCOCC2)ccc1Nc1nc(OC)c2cc(-c3cc(NC(=O)c4cccc(C(F)(F)F)c4)ccc3C)ncc2n1. The van der Waals surface area contributed by atoms with Gasteiger partial charge in [0.25, 0.3) is 5.91 Å². The second-order valence-corrected chi connectivity index (χ2v) is 10.8. The molecule has 3 aromatic carbocycles. The maximum absolute atomic E-state index is 13.2. The standard InChI is InChI=1S/C34H31F3N6O4/c1-20-7-8-23(39-31(44)21-5-4-6-22(15-21)34(35,36)37)16-25(20)28-18-26-29(19-38-28)41-33(42-32(26)46-3)40-27-10-9-24(17-30(27)45-2)43-11-13-47-14-12-43/h4-10,15-19H,11-14H2,1-3H3,(H,39,44)(H,40,41,42). The molecule has 2 aromatic heterocycles. The van der Waals surface area contributed by atoms with Crippen LogP contribution in [0, 0.1) is 6.92 Å². The number of hydrogen-bond donors (Lipinski definition) is 2. The van der Waals surface area contributed by atoms with Crippen molar-refractivity contribution in [1.82, 2.24) is 15.0 Å². The Morgan fingerprint density at radius 2 is 1.77 bits per heavy atom. The maximum atomic E-state index is 13.2. The summed E-state index contributed by atoms with van der Waals surface area (Å²) in [6.45, 7) is 4.84. The Hall–Kier alpha value is -5.43. The number of amides is 1. The number of morpholine rings is 1. The molecule has 1 amide bonds. The second-order valence-electron chi connectivity index (χ2n) is 10.8. The molecule has 10 nitrogen and oxygen atoms in total. The van der Waals surface area contributed by atoms with Crippen molar-refractivity contribution in [2.45, 2.75) is 13.1 Å². The van der Waals surface area contributed by atoms with E-state index >= 15 is 0 Å². The lowest BCUT2D eigenvalue weighted by Crippen LogP contribution is -2.36. The average Bonchev–Trinajstić information content (AvgIpc) is 3.08. The molecule has 6 rings (SSSR count). The fourth-order valence-corrected chi connectivity index (χ4v) is 5.30. The topological polar surface area (TPSA) is 111 Å². The van der Waals surface area contributed by atoms with Gasteiger partial charge in [-0.2, -0.15) is 18.2 Å². The summed E-state index contributed by atoms with van der Waals surface area (Å²) in [5, 5.41) is 6.52. The van der Waals surface area contributed by atoms with Crippen molar-refractivity contribution < 1.29 is 32.2 Å². The largest absolute Gasteiger partial charge is 0.494 e. The Morgan fingerprint density at radius 1 is 0.957 bits per heavy atom. The highest BCUT2D eigenvalue weighted by Gasteiger charge is 2.31. The Bertz CT molecular complexity index is 1950. The third kappa shape index (κ3) is 6.89. The number of aryl methyl sites for hydroxylation is 1. The Kier molecular flexibility index (Phi) is 8.81. The average molecular weight is 645 g/mol. The van der Waals surface area contributed by atoms with Crippen LogP contribution < -0.4 is 25.0 Å². The van der Waals surface area contributed by atoms with Crippen LogP contribution in [0.25, 0.3) is 22.2 Å². The Balaban J connectivity index is 1.26. The minimum absolute atomic E-state index is 0.109. The minimum atomic E-state index is -4.56. The molecule has 0 atom stereocenters. The molecule has 242 valence electrons. The monoisotopic (exact) mass is 644 g/mol. The van der Waals surface area contributed by atoms with Crippen molar-refractivity contribution in [3.05, 3.63) is 89.6 Å². The van der Waals surface area contributed by atoms with Crippen LogP contribution >= 0.6 is 0 Å². The number of methoxy groups -OCH3 is 2. The van der Waals surface area contributed by atoms with Gasteiger partial charge in [0.1, 0.15) is 5.75 Å². The summed E-state index contributed by atoms with van der Waals surface area (Å²) in [5.41, 5.74) is 3.74. The van der Waals surface area contributed by atoms with E-state index in [0.29, 0.717) is 58.4 Å². The van der Waals surface area contributed by atoms with Crippen LogP contribution in [0.5, 0.6) is 11.6 Å². The number of nitrogens with zero attached hydrogens (tertiary/aromatic N) is 4. The molecule has 0 unspecified atom stereocenters. The third-order valence-electron chi connectivity index (χ3n) is 7.77. The highest BCUT2D eigenvalue weighted by Crippen LogP contribution is 2.35. The molecule has 1 aliphatic rings. The number of aromatic nitrogens is 3. The quantitative estimate of drug-likeness (QED) is 0.187. The molecular formula is C34H31F3N6O4. The molecule has 1 fully saturated rings. The lowest BCUT2D eigenvalue weighted by atomic mass is 10.0. The minimum Gasteiger partial charge on any atom is -0.494 e. The van der Waals surface area contributed by atoms with E-state index in [9.17, 15) is 18.0 Å². The van der Waals surface area contributed by atoms with Crippen LogP contribution in [0.3, 0.4) is 0 Å². The number of hydrogen-bond acceptors (Lipinski definition) is 9. The summed E-state index contributed by atoms with van der Waals surface area (Å²) in [5.74, 6) is 0.564. The molecule has 0 spiro atoms. The van der Waals surface area contributed by atoms with Crippen molar-refractivity contribution in [1.29, 1.82) is 0 Å². The van der Waals surface area contributed by atoms with Gasteiger partial charge in [-0.3, -0.25) is 9.78 Å². The molecular weight excluding hydrogens is 613 g/mol. The van der Waals surface area contributed by atoms with Gasteiger partial charge >= 0.3 is 6.18 Å². The molecule has 0 saturated carbocycles. The number of alkyl halides is 3. The first kappa shape index (κ1) is 31.5. The van der Waals surface area contributed by atoms with E-state index in [-0.39, 0.29) is 11.5 Å². The first-order valence-electron chi connectivity index (χ1n) is 14.7. The molecule has 13 heteroatoms. The van der Waals surface area contributed by atoms with Crippen LogP contribution in [0.15, 0.2) is 72.9 Å². The summed E-state index contributed by atoms with van der Waals surface area (Å²) >= 11 is 0. The first-order valence-corrected chi connectivity index (χ1v) is 14.7. The number of carbonyl (C=O) groups is 1. The fourth-order valence-electron chi connectivity index (χ4n) is 5.30. The summed E-state index contributed by atoms with van der Waals surface area (Å²) in [6.07, 6.45) is -2.95. The molecule has 1 saturated heterocycles. The lowest BCUT2D eigenvalue weighted by molar-refractivity contribution is -0.137. The molecule has 1 aliphatic heterocycles. The van der Waals surface area contributed by atoms with Gasteiger partial charge in [0.15, 0.2) is 0 Å². The van der Waals surface area contributed by atoms with Gasteiger partial charge in [0.2, 0.25) is 11.8 Å². The van der Waals surface area contributed by atoms with Gasteiger partial charge in [0.05, 0.1) is 61.5 Å². The first-order chi connectivity index (χ1) is 22.6. The van der Waals surface area contributed by atoms with Crippen molar-refractivity contribution in [2.24, 2.45) is 0 Å². The number of pyridine rings is 1. The number of carbonyl (C=O) groups excluding carboxylic acids is 1. The summed E-state index contributed by atoms with van der Waals surface area (Å²) in [4.78, 5) is 28.9. The highest BCUT2D eigenvalue weighted by atomic mass is 19.4. The predicted octanol–water partition coefficient (Wildman–Crippen LogP) is 6.87. The van der Waals surface area contributed by atoms with E-state index in [1.54, 1.807) is 37.6 Å². The molecule has 0 aliphatic carbocycles. The highest BCUT2D eigenvalue weighted by molar-refractivity contribution is 6.04. The van der Waals surface area contributed by atoms with E-state index in [0.717, 1.165) is 36.5 Å². The smallest absolute Gasteiger partial charge is 0.416 e. The number of rotatable bonds is 8. The molecule has 3 heterocycles. The van der Waals surface area contributed by atoms with Crippen LogP contribution in [0.1, 0.15) is 21.5 Å². The van der Waals surface area contributed by atoms with E-state index in [4.69, 9.17) is 14.2 Å². The normalized spacial score (nSPS) is 13.4. The van der Waals surface area contributed by atoms with Crippen LogP contribution in [0.4, 0.5) is 36.2 Å². The number of anilines is 4.